The molecule has 0 bridgehead atoms. The first-order chi connectivity index (χ1) is 5.24. The van der Waals surface area contributed by atoms with E-state index in [1.165, 1.54) is 0 Å². The Morgan fingerprint density at radius 3 is 2.09 bits per heavy atom. The molecule has 0 saturated heterocycles. The predicted octanol–water partition coefficient (Wildman–Crippen LogP) is -0.0106. The molecule has 0 saturated carbocycles. The van der Waals surface area contributed by atoms with Gasteiger partial charge >= 0.3 is 0 Å². The Morgan fingerprint density at radius 1 is 1.18 bits per heavy atom. The van der Waals surface area contributed by atoms with Gasteiger partial charge in [0.1, 0.15) is 0 Å². The zero-order valence-corrected chi connectivity index (χ0v) is 7.70. The number of benzene rings is 1. The Balaban J connectivity index is 2.83. The first kappa shape index (κ1) is 8.29. The molecule has 2 nitrogen and oxygen atoms in total. The number of hydrogen-bond acceptors (Lipinski definition) is 2. The van der Waals surface area contributed by atoms with Crippen molar-refractivity contribution < 1.29 is 4.80 Å². The Hall–Kier alpha value is -0.803. The van der Waals surface area contributed by atoms with Crippen LogP contribution in [0.5, 0.6) is 0 Å². The highest BCUT2D eigenvalue weighted by Crippen LogP contribution is 2.06. The van der Waals surface area contributed by atoms with Crippen LogP contribution >= 0.6 is 0 Å². The van der Waals surface area contributed by atoms with Crippen LogP contribution in [0.25, 0.3) is 0 Å². The van der Waals surface area contributed by atoms with E-state index >= 15 is 0 Å². The van der Waals surface area contributed by atoms with Gasteiger partial charge in [-0.15, -0.1) is 0 Å². The van der Waals surface area contributed by atoms with Crippen LogP contribution in [0.4, 0.5) is 5.69 Å². The highest BCUT2D eigenvalue weighted by atomic mass is 28.2. The van der Waals surface area contributed by atoms with Crippen molar-refractivity contribution in [1.82, 2.24) is 0 Å². The van der Waals surface area contributed by atoms with E-state index in [9.17, 15) is 0 Å². The Morgan fingerprint density at radius 2 is 1.73 bits per heavy atom. The van der Waals surface area contributed by atoms with Crippen LogP contribution < -0.4 is 10.1 Å². The van der Waals surface area contributed by atoms with Gasteiger partial charge in [-0.2, -0.15) is 0 Å². The molecule has 1 aromatic carbocycles. The number of anilines is 1. The van der Waals surface area contributed by atoms with Gasteiger partial charge < -0.3 is 9.70 Å². The summed E-state index contributed by atoms with van der Waals surface area (Å²) in [5.41, 5.74) is 1.16. The fourth-order valence-electron chi connectivity index (χ4n) is 0.834. The van der Waals surface area contributed by atoms with Crippen molar-refractivity contribution in [2.75, 3.05) is 19.0 Å². The van der Waals surface area contributed by atoms with Crippen molar-refractivity contribution in [1.29, 1.82) is 0 Å². The summed E-state index contributed by atoms with van der Waals surface area (Å²) in [6, 6.07) is 7.87. The summed E-state index contributed by atoms with van der Waals surface area (Å²) in [5.74, 6) is 0. The van der Waals surface area contributed by atoms with Gasteiger partial charge in [-0.05, 0) is 17.3 Å². The molecule has 3 heteroatoms. The van der Waals surface area contributed by atoms with Gasteiger partial charge in [-0.25, -0.2) is 0 Å². The van der Waals surface area contributed by atoms with E-state index in [1.54, 1.807) is 0 Å². The third kappa shape index (κ3) is 2.06. The van der Waals surface area contributed by atoms with Crippen molar-refractivity contribution >= 4 is 20.6 Å². The number of hydrogen-bond donors (Lipinski definition) is 1. The summed E-state index contributed by atoms with van der Waals surface area (Å²) < 4.78 is 0. The van der Waals surface area contributed by atoms with Crippen molar-refractivity contribution in [3.8, 4) is 0 Å². The minimum atomic E-state index is -0.0986. The third-order valence-electron chi connectivity index (χ3n) is 1.51. The van der Waals surface area contributed by atoms with Gasteiger partial charge in [0.15, 0.2) is 0 Å². The van der Waals surface area contributed by atoms with Crippen LogP contribution in [0, 0.1) is 0 Å². The lowest BCUT2D eigenvalue weighted by Gasteiger charge is -2.11. The maximum absolute atomic E-state index is 8.78. The monoisotopic (exact) mass is 165 g/mol. The van der Waals surface area contributed by atoms with E-state index in [0.29, 0.717) is 0 Å². The lowest BCUT2D eigenvalue weighted by molar-refractivity contribution is 0.615. The summed E-state index contributed by atoms with van der Waals surface area (Å²) in [5, 5.41) is 0.982. The first-order valence-corrected chi connectivity index (χ1v) is 4.36. The van der Waals surface area contributed by atoms with E-state index in [-0.39, 0.29) is 9.76 Å². The van der Waals surface area contributed by atoms with E-state index in [2.05, 4.69) is 0 Å². The summed E-state index contributed by atoms with van der Waals surface area (Å²) >= 11 is 0. The lowest BCUT2D eigenvalue weighted by Crippen LogP contribution is -2.14. The van der Waals surface area contributed by atoms with Gasteiger partial charge in [-0.3, -0.25) is 0 Å². The molecular formula is C8H11NOSi. The second kappa shape index (κ2) is 3.55. The minimum absolute atomic E-state index is 0.0986. The molecule has 0 aliphatic rings. The molecule has 1 rings (SSSR count). The molecule has 0 aliphatic carbocycles. The standard InChI is InChI=1S/C8H11NOSi/c1-9(2)7-3-5-8(11-10)6-4-7/h3-6,10H,1-2H3. The maximum atomic E-state index is 8.78. The molecule has 0 amide bonds. The highest BCUT2D eigenvalue weighted by Gasteiger charge is 1.94. The first-order valence-electron chi connectivity index (χ1n) is 3.41. The topological polar surface area (TPSA) is 23.5 Å². The Bertz CT molecular complexity index is 220. The van der Waals surface area contributed by atoms with Crippen molar-refractivity contribution in [3.05, 3.63) is 24.3 Å². The van der Waals surface area contributed by atoms with Crippen LogP contribution in [0.1, 0.15) is 0 Å². The van der Waals surface area contributed by atoms with Crippen molar-refractivity contribution in [2.24, 2.45) is 0 Å². The van der Waals surface area contributed by atoms with Gasteiger partial charge in [0.05, 0.1) is 0 Å². The van der Waals surface area contributed by atoms with Crippen LogP contribution in [0.15, 0.2) is 24.3 Å². The average Bonchev–Trinajstić information content (AvgIpc) is 2.05. The van der Waals surface area contributed by atoms with Crippen LogP contribution in [0.3, 0.4) is 0 Å². The summed E-state index contributed by atoms with van der Waals surface area (Å²) in [6.07, 6.45) is 0. The summed E-state index contributed by atoms with van der Waals surface area (Å²) in [4.78, 5) is 10.8. The van der Waals surface area contributed by atoms with Crippen molar-refractivity contribution in [2.45, 2.75) is 0 Å². The molecule has 58 valence electrons. The molecule has 1 N–H and O–H groups in total. The lowest BCUT2D eigenvalue weighted by atomic mass is 10.3. The SMILES string of the molecule is CN(C)c1ccc([Si]O)cc1. The second-order valence-electron chi connectivity index (χ2n) is 2.55. The Kier molecular flexibility index (Phi) is 2.68. The maximum Gasteiger partial charge on any atom is 0.265 e. The second-order valence-corrected chi connectivity index (χ2v) is 3.35. The third-order valence-corrected chi connectivity index (χ3v) is 2.10. The molecule has 0 aromatic heterocycles. The molecule has 1 aromatic rings. The summed E-state index contributed by atoms with van der Waals surface area (Å²) in [6.45, 7) is 0. The quantitative estimate of drug-likeness (QED) is 0.623. The molecule has 0 fully saturated rings. The molecular weight excluding hydrogens is 154 g/mol. The van der Waals surface area contributed by atoms with Crippen LogP contribution in [-0.2, 0) is 0 Å². The predicted molar refractivity (Wildman–Crippen MR) is 48.4 cm³/mol. The molecule has 0 heterocycles. The molecule has 11 heavy (non-hydrogen) atoms. The molecule has 2 radical (unpaired) electrons. The van der Waals surface area contributed by atoms with Gasteiger partial charge in [0, 0.05) is 19.8 Å². The molecule has 0 spiro atoms. The molecule has 0 unspecified atom stereocenters. The Labute approximate surface area is 69.4 Å². The highest BCUT2D eigenvalue weighted by molar-refractivity contribution is 6.45. The minimum Gasteiger partial charge on any atom is -0.428 e. The number of nitrogens with zero attached hydrogens (tertiary/aromatic N) is 1. The zero-order valence-electron chi connectivity index (χ0n) is 6.70. The van der Waals surface area contributed by atoms with Gasteiger partial charge in [0.2, 0.25) is 0 Å². The van der Waals surface area contributed by atoms with Gasteiger partial charge in [-0.1, -0.05) is 12.1 Å². The largest absolute Gasteiger partial charge is 0.428 e. The smallest absolute Gasteiger partial charge is 0.265 e. The van der Waals surface area contributed by atoms with Gasteiger partial charge in [0.25, 0.3) is 9.76 Å². The van der Waals surface area contributed by atoms with E-state index in [0.717, 1.165) is 10.9 Å². The van der Waals surface area contributed by atoms with E-state index in [1.807, 2.05) is 43.3 Å². The number of rotatable bonds is 2. The summed E-state index contributed by atoms with van der Waals surface area (Å²) in [7, 11) is 3.89. The normalized spacial score (nSPS) is 9.73. The zero-order chi connectivity index (χ0) is 8.27. The van der Waals surface area contributed by atoms with E-state index in [4.69, 9.17) is 4.80 Å². The average molecular weight is 165 g/mol. The van der Waals surface area contributed by atoms with Crippen LogP contribution in [0.2, 0.25) is 0 Å². The van der Waals surface area contributed by atoms with Crippen LogP contribution in [-0.4, -0.2) is 28.7 Å². The fourth-order valence-corrected chi connectivity index (χ4v) is 1.15. The van der Waals surface area contributed by atoms with E-state index < -0.39 is 0 Å². The molecule has 0 aliphatic heterocycles. The fraction of sp³-hybridized carbons (Fsp3) is 0.250. The molecule has 0 atom stereocenters. The van der Waals surface area contributed by atoms with Crippen molar-refractivity contribution in [3.63, 3.8) is 0 Å².